The standard InChI is InChI=1S/C32H29N5O4/c1-41-29-14-5-3-12-24(29)31(39)36-30-26(18-33)25(17-27(35-30)23-11-2-4-13-28(23)38)20-8-6-9-21(16-20)32(40)37-15-7-10-22(34)19-37/h2-6,8-9,11-14,16-17,22,38H,7,10,15,19,34H2,1H3,(H,35,36,39). The van der Waals surface area contributed by atoms with Crippen LogP contribution in [0.3, 0.4) is 0 Å². The minimum Gasteiger partial charge on any atom is -0.507 e. The van der Waals surface area contributed by atoms with Crippen LogP contribution in [0.5, 0.6) is 11.5 Å². The van der Waals surface area contributed by atoms with Gasteiger partial charge in [-0.25, -0.2) is 4.98 Å². The lowest BCUT2D eigenvalue weighted by Gasteiger charge is -2.31. The van der Waals surface area contributed by atoms with Crippen LogP contribution in [0.4, 0.5) is 5.82 Å². The number of methoxy groups -OCH3 is 1. The normalized spacial score (nSPS) is 14.7. The van der Waals surface area contributed by atoms with Gasteiger partial charge in [0.15, 0.2) is 5.82 Å². The van der Waals surface area contributed by atoms with E-state index in [2.05, 4.69) is 16.4 Å². The third-order valence-corrected chi connectivity index (χ3v) is 7.06. The van der Waals surface area contributed by atoms with Gasteiger partial charge in [-0.15, -0.1) is 0 Å². The monoisotopic (exact) mass is 547 g/mol. The molecule has 4 aromatic rings. The zero-order valence-electron chi connectivity index (χ0n) is 22.5. The van der Waals surface area contributed by atoms with Crippen LogP contribution in [0.1, 0.15) is 39.1 Å². The molecule has 1 aliphatic heterocycles. The van der Waals surface area contributed by atoms with Crippen LogP contribution in [0.25, 0.3) is 22.4 Å². The fraction of sp³-hybridized carbons (Fsp3) is 0.188. The van der Waals surface area contributed by atoms with Crippen molar-refractivity contribution in [3.63, 3.8) is 0 Å². The number of benzene rings is 3. The van der Waals surface area contributed by atoms with Crippen LogP contribution in [0.15, 0.2) is 78.9 Å². The maximum absolute atomic E-state index is 13.3. The number of phenolic OH excluding ortho intramolecular Hbond substituents is 1. The molecule has 2 amide bonds. The molecule has 206 valence electrons. The molecular formula is C32H29N5O4. The number of piperidine rings is 1. The Morgan fingerprint density at radius 3 is 2.61 bits per heavy atom. The summed E-state index contributed by atoms with van der Waals surface area (Å²) in [5, 5.41) is 23.6. The first kappa shape index (κ1) is 27.4. The lowest BCUT2D eigenvalue weighted by atomic mass is 9.96. The quantitative estimate of drug-likeness (QED) is 0.314. The molecule has 1 aliphatic rings. The summed E-state index contributed by atoms with van der Waals surface area (Å²) in [5.41, 5.74) is 8.72. The van der Waals surface area contributed by atoms with E-state index in [4.69, 9.17) is 10.5 Å². The zero-order valence-corrected chi connectivity index (χ0v) is 22.5. The van der Waals surface area contributed by atoms with Crippen LogP contribution in [-0.2, 0) is 0 Å². The number of amides is 2. The fourth-order valence-corrected chi connectivity index (χ4v) is 5.01. The van der Waals surface area contributed by atoms with Gasteiger partial charge >= 0.3 is 0 Å². The fourth-order valence-electron chi connectivity index (χ4n) is 5.01. The summed E-state index contributed by atoms with van der Waals surface area (Å²) in [6.07, 6.45) is 1.72. The maximum atomic E-state index is 13.3. The first-order valence-electron chi connectivity index (χ1n) is 13.2. The minimum atomic E-state index is -0.516. The van der Waals surface area contributed by atoms with Gasteiger partial charge in [-0.2, -0.15) is 5.26 Å². The van der Waals surface area contributed by atoms with Crippen LogP contribution >= 0.6 is 0 Å². The summed E-state index contributed by atoms with van der Waals surface area (Å²) in [5.74, 6) is -0.289. The molecule has 1 saturated heterocycles. The van der Waals surface area contributed by atoms with Crippen molar-refractivity contribution < 1.29 is 19.4 Å². The molecular weight excluding hydrogens is 518 g/mol. The molecule has 0 radical (unpaired) electrons. The summed E-state index contributed by atoms with van der Waals surface area (Å²) in [6.45, 7) is 1.12. The van der Waals surface area contributed by atoms with Crippen molar-refractivity contribution in [1.29, 1.82) is 5.26 Å². The number of phenols is 1. The molecule has 9 nitrogen and oxygen atoms in total. The Hall–Kier alpha value is -5.20. The zero-order chi connectivity index (χ0) is 28.9. The Morgan fingerprint density at radius 2 is 1.85 bits per heavy atom. The van der Waals surface area contributed by atoms with E-state index in [0.29, 0.717) is 46.8 Å². The van der Waals surface area contributed by atoms with Gasteiger partial charge in [-0.05, 0) is 60.9 Å². The highest BCUT2D eigenvalue weighted by molar-refractivity contribution is 6.07. The molecule has 1 aromatic heterocycles. The molecule has 0 spiro atoms. The molecule has 2 heterocycles. The number of nitrogens with two attached hydrogens (primary N) is 1. The van der Waals surface area contributed by atoms with E-state index >= 15 is 0 Å². The number of ether oxygens (including phenoxy) is 1. The predicted molar refractivity (Wildman–Crippen MR) is 156 cm³/mol. The molecule has 1 unspecified atom stereocenters. The van der Waals surface area contributed by atoms with Crippen LogP contribution < -0.4 is 15.8 Å². The van der Waals surface area contributed by atoms with Gasteiger partial charge in [0.1, 0.15) is 23.1 Å². The number of nitrogens with one attached hydrogen (secondary N) is 1. The average Bonchev–Trinajstić information content (AvgIpc) is 3.00. The van der Waals surface area contributed by atoms with Gasteiger partial charge < -0.3 is 25.8 Å². The van der Waals surface area contributed by atoms with Crippen molar-refractivity contribution in [2.75, 3.05) is 25.5 Å². The van der Waals surface area contributed by atoms with Crippen molar-refractivity contribution in [1.82, 2.24) is 9.88 Å². The van der Waals surface area contributed by atoms with Gasteiger partial charge in [-0.3, -0.25) is 9.59 Å². The van der Waals surface area contributed by atoms with Crippen LogP contribution in [-0.4, -0.2) is 53.0 Å². The number of aromatic hydroxyl groups is 1. The second-order valence-corrected chi connectivity index (χ2v) is 9.80. The summed E-state index contributed by atoms with van der Waals surface area (Å²) in [6, 6.07) is 24.2. The predicted octanol–water partition coefficient (Wildman–Crippen LogP) is 4.82. The third-order valence-electron chi connectivity index (χ3n) is 7.06. The minimum absolute atomic E-state index is 0.0111. The number of anilines is 1. The Balaban J connectivity index is 1.62. The molecule has 4 N–H and O–H groups in total. The first-order chi connectivity index (χ1) is 19.9. The molecule has 1 atom stereocenters. The molecule has 41 heavy (non-hydrogen) atoms. The van der Waals surface area contributed by atoms with Crippen molar-refractivity contribution >= 4 is 17.6 Å². The molecule has 1 fully saturated rings. The topological polar surface area (TPSA) is 142 Å². The van der Waals surface area contributed by atoms with E-state index in [1.807, 2.05) is 0 Å². The van der Waals surface area contributed by atoms with Gasteiger partial charge in [0.25, 0.3) is 11.8 Å². The number of likely N-dealkylation sites (tertiary alicyclic amines) is 1. The SMILES string of the molecule is COc1ccccc1C(=O)Nc1nc(-c2ccccc2O)cc(-c2cccc(C(=O)N3CCCC(N)C3)c2)c1C#N. The maximum Gasteiger partial charge on any atom is 0.260 e. The highest BCUT2D eigenvalue weighted by Crippen LogP contribution is 2.36. The van der Waals surface area contributed by atoms with E-state index in [0.717, 1.165) is 12.8 Å². The Morgan fingerprint density at radius 1 is 1.07 bits per heavy atom. The van der Waals surface area contributed by atoms with E-state index in [1.54, 1.807) is 77.7 Å². The number of hydrogen-bond donors (Lipinski definition) is 3. The van der Waals surface area contributed by atoms with Gasteiger partial charge in [0.05, 0.1) is 18.4 Å². The van der Waals surface area contributed by atoms with Gasteiger partial charge in [0, 0.05) is 35.8 Å². The second-order valence-electron chi connectivity index (χ2n) is 9.80. The number of hydrogen-bond acceptors (Lipinski definition) is 7. The Labute approximate surface area is 237 Å². The molecule has 0 bridgehead atoms. The smallest absolute Gasteiger partial charge is 0.260 e. The van der Waals surface area contributed by atoms with E-state index in [-0.39, 0.29) is 34.6 Å². The molecule has 0 saturated carbocycles. The number of carbonyl (C=O) groups excluding carboxylic acids is 2. The number of carbonyl (C=O) groups is 2. The summed E-state index contributed by atoms with van der Waals surface area (Å²) >= 11 is 0. The summed E-state index contributed by atoms with van der Waals surface area (Å²) in [4.78, 5) is 33.0. The first-order valence-corrected chi connectivity index (χ1v) is 13.2. The average molecular weight is 548 g/mol. The largest absolute Gasteiger partial charge is 0.507 e. The van der Waals surface area contributed by atoms with Crippen molar-refractivity contribution in [3.8, 4) is 40.0 Å². The highest BCUT2D eigenvalue weighted by Gasteiger charge is 2.24. The van der Waals surface area contributed by atoms with E-state index in [9.17, 15) is 20.0 Å². The van der Waals surface area contributed by atoms with E-state index < -0.39 is 5.91 Å². The van der Waals surface area contributed by atoms with Crippen LogP contribution in [0.2, 0.25) is 0 Å². The second kappa shape index (κ2) is 11.9. The lowest BCUT2D eigenvalue weighted by Crippen LogP contribution is -2.45. The number of pyridine rings is 1. The molecule has 5 rings (SSSR count). The molecule has 9 heteroatoms. The molecule has 3 aromatic carbocycles. The summed E-state index contributed by atoms with van der Waals surface area (Å²) < 4.78 is 5.33. The molecule has 0 aliphatic carbocycles. The number of rotatable bonds is 6. The number of nitriles is 1. The lowest BCUT2D eigenvalue weighted by molar-refractivity contribution is 0.0708. The van der Waals surface area contributed by atoms with Gasteiger partial charge in [0.2, 0.25) is 0 Å². The van der Waals surface area contributed by atoms with Crippen molar-refractivity contribution in [2.45, 2.75) is 18.9 Å². The Kier molecular flexibility index (Phi) is 7.94. The van der Waals surface area contributed by atoms with Crippen LogP contribution in [0, 0.1) is 11.3 Å². The van der Waals surface area contributed by atoms with Gasteiger partial charge in [-0.1, -0.05) is 36.4 Å². The number of aromatic nitrogens is 1. The summed E-state index contributed by atoms with van der Waals surface area (Å²) in [7, 11) is 1.47. The highest BCUT2D eigenvalue weighted by atomic mass is 16.5. The van der Waals surface area contributed by atoms with E-state index in [1.165, 1.54) is 13.2 Å². The number of para-hydroxylation sites is 2. The third kappa shape index (κ3) is 5.73. The Bertz CT molecular complexity index is 1660. The van der Waals surface area contributed by atoms with Crippen molar-refractivity contribution in [2.24, 2.45) is 5.73 Å². The number of nitrogens with zero attached hydrogens (tertiary/aromatic N) is 3. The van der Waals surface area contributed by atoms with Crippen molar-refractivity contribution in [3.05, 3.63) is 95.6 Å².